The fraction of sp³-hybridized carbons (Fsp3) is 0.250. The largest absolute Gasteiger partial charge is 0.434 e. The van der Waals surface area contributed by atoms with Crippen molar-refractivity contribution in [3.8, 4) is 5.75 Å². The van der Waals surface area contributed by atoms with Crippen LogP contribution in [0, 0.1) is 0 Å². The number of ether oxygens (including phenoxy) is 1. The number of rotatable bonds is 6. The lowest BCUT2D eigenvalue weighted by atomic mass is 10.2. The maximum absolute atomic E-state index is 12.4. The van der Waals surface area contributed by atoms with Crippen molar-refractivity contribution in [1.29, 1.82) is 0 Å². The van der Waals surface area contributed by atoms with Gasteiger partial charge in [0.05, 0.1) is 0 Å². The Bertz CT molecular complexity index is 588. The first-order valence-corrected chi connectivity index (χ1v) is 6.60. The molecule has 3 nitrogen and oxygen atoms in total. The molecular formula is C16H18F2N2O. The second kappa shape index (κ2) is 6.92. The van der Waals surface area contributed by atoms with E-state index in [1.54, 1.807) is 24.3 Å². The number of halogens is 2. The van der Waals surface area contributed by atoms with Gasteiger partial charge >= 0.3 is 6.61 Å². The summed E-state index contributed by atoms with van der Waals surface area (Å²) in [6.45, 7) is -2.40. The first-order valence-electron chi connectivity index (χ1n) is 6.60. The van der Waals surface area contributed by atoms with E-state index in [9.17, 15) is 8.78 Å². The molecule has 0 aliphatic carbocycles. The Morgan fingerprint density at radius 3 is 2.57 bits per heavy atom. The first-order chi connectivity index (χ1) is 10.1. The first kappa shape index (κ1) is 15.1. The third-order valence-corrected chi connectivity index (χ3v) is 3.03. The Hall–Kier alpha value is -2.30. The molecule has 5 heteroatoms. The number of alkyl halides is 2. The molecule has 0 saturated carbocycles. The van der Waals surface area contributed by atoms with Gasteiger partial charge in [0, 0.05) is 37.6 Å². The van der Waals surface area contributed by atoms with Crippen molar-refractivity contribution < 1.29 is 13.5 Å². The quantitative estimate of drug-likeness (QED) is 0.872. The summed E-state index contributed by atoms with van der Waals surface area (Å²) in [5, 5.41) is 3.22. The molecule has 21 heavy (non-hydrogen) atoms. The van der Waals surface area contributed by atoms with Crippen molar-refractivity contribution in [3.63, 3.8) is 0 Å². The number of hydrogen-bond acceptors (Lipinski definition) is 3. The van der Waals surface area contributed by atoms with Gasteiger partial charge in [-0.05, 0) is 24.3 Å². The Balaban J connectivity index is 2.08. The maximum Gasteiger partial charge on any atom is 0.387 e. The van der Waals surface area contributed by atoms with Crippen LogP contribution in [0.3, 0.4) is 0 Å². The van der Waals surface area contributed by atoms with Crippen LogP contribution in [0.15, 0.2) is 48.5 Å². The highest BCUT2D eigenvalue weighted by Gasteiger charge is 2.08. The van der Waals surface area contributed by atoms with Crippen molar-refractivity contribution >= 4 is 11.4 Å². The molecule has 0 bridgehead atoms. The molecule has 2 aromatic rings. The van der Waals surface area contributed by atoms with Gasteiger partial charge in [-0.25, -0.2) is 0 Å². The lowest BCUT2D eigenvalue weighted by Crippen LogP contribution is -2.09. The van der Waals surface area contributed by atoms with Crippen LogP contribution in [-0.2, 0) is 6.54 Å². The second-order valence-electron chi connectivity index (χ2n) is 4.78. The SMILES string of the molecule is CN(C)c1cccc(NCc2ccccc2OC(F)F)c1. The van der Waals surface area contributed by atoms with Gasteiger partial charge in [-0.2, -0.15) is 8.78 Å². The normalized spacial score (nSPS) is 10.5. The molecule has 2 rings (SSSR count). The number of anilines is 2. The molecule has 0 saturated heterocycles. The highest BCUT2D eigenvalue weighted by Crippen LogP contribution is 2.23. The summed E-state index contributed by atoms with van der Waals surface area (Å²) in [5.74, 6) is 0.198. The Labute approximate surface area is 123 Å². The van der Waals surface area contributed by atoms with E-state index >= 15 is 0 Å². The molecule has 0 radical (unpaired) electrons. The number of para-hydroxylation sites is 1. The molecule has 1 N–H and O–H groups in total. The van der Waals surface area contributed by atoms with Crippen molar-refractivity contribution in [3.05, 3.63) is 54.1 Å². The monoisotopic (exact) mass is 292 g/mol. The van der Waals surface area contributed by atoms with Crippen molar-refractivity contribution in [2.75, 3.05) is 24.3 Å². The van der Waals surface area contributed by atoms with E-state index in [0.717, 1.165) is 11.4 Å². The van der Waals surface area contributed by atoms with Crippen molar-refractivity contribution in [2.24, 2.45) is 0 Å². The zero-order valence-electron chi connectivity index (χ0n) is 12.0. The third kappa shape index (κ3) is 4.34. The van der Waals surface area contributed by atoms with Gasteiger partial charge in [0.2, 0.25) is 0 Å². The lowest BCUT2D eigenvalue weighted by molar-refractivity contribution is -0.0504. The maximum atomic E-state index is 12.4. The summed E-state index contributed by atoms with van der Waals surface area (Å²) >= 11 is 0. The minimum Gasteiger partial charge on any atom is -0.434 e. The summed E-state index contributed by atoms with van der Waals surface area (Å²) in [6, 6.07) is 14.7. The summed E-state index contributed by atoms with van der Waals surface area (Å²) in [5.41, 5.74) is 2.68. The van der Waals surface area contributed by atoms with Gasteiger partial charge in [0.1, 0.15) is 5.75 Å². The molecule has 0 atom stereocenters. The lowest BCUT2D eigenvalue weighted by Gasteiger charge is -2.15. The van der Waals surface area contributed by atoms with Gasteiger partial charge in [0.15, 0.2) is 0 Å². The molecule has 0 unspecified atom stereocenters. The van der Waals surface area contributed by atoms with Crippen molar-refractivity contribution in [1.82, 2.24) is 0 Å². The fourth-order valence-corrected chi connectivity index (χ4v) is 1.95. The zero-order chi connectivity index (χ0) is 15.2. The number of nitrogens with zero attached hydrogens (tertiary/aromatic N) is 1. The van der Waals surface area contributed by atoms with Crippen molar-refractivity contribution in [2.45, 2.75) is 13.2 Å². The average Bonchev–Trinajstić information content (AvgIpc) is 2.46. The fourth-order valence-electron chi connectivity index (χ4n) is 1.95. The zero-order valence-corrected chi connectivity index (χ0v) is 12.0. The van der Waals surface area contributed by atoms with Crippen LogP contribution < -0.4 is 15.0 Å². The van der Waals surface area contributed by atoms with E-state index in [1.807, 2.05) is 43.3 Å². The molecule has 0 heterocycles. The van der Waals surface area contributed by atoms with E-state index in [2.05, 4.69) is 10.1 Å². The number of nitrogens with one attached hydrogen (secondary N) is 1. The van der Waals surface area contributed by atoms with E-state index in [4.69, 9.17) is 0 Å². The van der Waals surface area contributed by atoms with E-state index < -0.39 is 6.61 Å². The smallest absolute Gasteiger partial charge is 0.387 e. The van der Waals surface area contributed by atoms with E-state index in [0.29, 0.717) is 12.1 Å². The van der Waals surface area contributed by atoms with Crippen LogP contribution in [0.1, 0.15) is 5.56 Å². The van der Waals surface area contributed by atoms with Crippen LogP contribution in [0.25, 0.3) is 0 Å². The van der Waals surface area contributed by atoms with Crippen LogP contribution in [0.2, 0.25) is 0 Å². The molecule has 0 aliphatic rings. The molecule has 0 aliphatic heterocycles. The van der Waals surface area contributed by atoms with Crippen LogP contribution in [0.5, 0.6) is 5.75 Å². The standard InChI is InChI=1S/C16H18F2N2O/c1-20(2)14-8-5-7-13(10-14)19-11-12-6-3-4-9-15(12)21-16(17)18/h3-10,16,19H,11H2,1-2H3. The van der Waals surface area contributed by atoms with Gasteiger partial charge in [0.25, 0.3) is 0 Å². The van der Waals surface area contributed by atoms with E-state index in [-0.39, 0.29) is 5.75 Å². The molecule has 2 aromatic carbocycles. The third-order valence-electron chi connectivity index (χ3n) is 3.03. The van der Waals surface area contributed by atoms with Gasteiger partial charge in [-0.15, -0.1) is 0 Å². The summed E-state index contributed by atoms with van der Waals surface area (Å²) in [7, 11) is 3.93. The minimum atomic E-state index is -2.82. The highest BCUT2D eigenvalue weighted by molar-refractivity contribution is 5.57. The van der Waals surface area contributed by atoms with Gasteiger partial charge < -0.3 is 15.0 Å². The van der Waals surface area contributed by atoms with E-state index in [1.165, 1.54) is 0 Å². The highest BCUT2D eigenvalue weighted by atomic mass is 19.3. The summed E-state index contributed by atoms with van der Waals surface area (Å²) in [6.07, 6.45) is 0. The Kier molecular flexibility index (Phi) is 4.98. The molecular weight excluding hydrogens is 274 g/mol. The summed E-state index contributed by atoms with van der Waals surface area (Å²) in [4.78, 5) is 2.00. The van der Waals surface area contributed by atoms with Gasteiger partial charge in [-0.1, -0.05) is 24.3 Å². The van der Waals surface area contributed by atoms with Crippen LogP contribution in [0.4, 0.5) is 20.2 Å². The Morgan fingerprint density at radius 1 is 1.10 bits per heavy atom. The predicted molar refractivity (Wildman–Crippen MR) is 81.2 cm³/mol. The Morgan fingerprint density at radius 2 is 1.86 bits per heavy atom. The minimum absolute atomic E-state index is 0.198. The van der Waals surface area contributed by atoms with Gasteiger partial charge in [-0.3, -0.25) is 0 Å². The molecule has 112 valence electrons. The molecule has 0 aromatic heterocycles. The topological polar surface area (TPSA) is 24.5 Å². The molecule has 0 amide bonds. The second-order valence-corrected chi connectivity index (χ2v) is 4.78. The van der Waals surface area contributed by atoms with Crippen LogP contribution >= 0.6 is 0 Å². The number of hydrogen-bond donors (Lipinski definition) is 1. The summed E-state index contributed by atoms with van der Waals surface area (Å²) < 4.78 is 29.2. The average molecular weight is 292 g/mol. The molecule has 0 fully saturated rings. The predicted octanol–water partition coefficient (Wildman–Crippen LogP) is 3.97. The van der Waals surface area contributed by atoms with Crippen LogP contribution in [-0.4, -0.2) is 20.7 Å². The molecule has 0 spiro atoms. The number of benzene rings is 2.